The van der Waals surface area contributed by atoms with Crippen molar-refractivity contribution in [3.05, 3.63) is 65.7 Å². The smallest absolute Gasteiger partial charge is 0.257 e. The van der Waals surface area contributed by atoms with Gasteiger partial charge in [-0.2, -0.15) is 0 Å². The maximum atomic E-state index is 13.4. The van der Waals surface area contributed by atoms with Gasteiger partial charge in [0.15, 0.2) is 0 Å². The Kier molecular flexibility index (Phi) is 9.09. The van der Waals surface area contributed by atoms with Crippen LogP contribution in [-0.4, -0.2) is 79.0 Å². The van der Waals surface area contributed by atoms with Gasteiger partial charge in [-0.25, -0.2) is 0 Å². The Labute approximate surface area is 191 Å². The summed E-state index contributed by atoms with van der Waals surface area (Å²) in [6.07, 6.45) is 0.957. The molecular weight excluding hydrogens is 404 g/mol. The van der Waals surface area contributed by atoms with Gasteiger partial charge in [-0.05, 0) is 37.5 Å². The van der Waals surface area contributed by atoms with Crippen LogP contribution in [0.15, 0.2) is 54.6 Å². The minimum Gasteiger partial charge on any atom is -0.496 e. The second kappa shape index (κ2) is 12.0. The van der Waals surface area contributed by atoms with Gasteiger partial charge in [0.2, 0.25) is 0 Å². The van der Waals surface area contributed by atoms with Gasteiger partial charge in [-0.15, -0.1) is 0 Å². The number of hydrogen-bond acceptors (Lipinski definition) is 5. The molecule has 2 aromatic rings. The first-order valence-electron chi connectivity index (χ1n) is 11.5. The van der Waals surface area contributed by atoms with E-state index in [4.69, 9.17) is 9.47 Å². The van der Waals surface area contributed by atoms with Crippen LogP contribution in [0, 0.1) is 0 Å². The van der Waals surface area contributed by atoms with Crippen molar-refractivity contribution in [2.45, 2.75) is 44.9 Å². The van der Waals surface area contributed by atoms with Crippen LogP contribution in [-0.2, 0) is 11.2 Å². The first-order chi connectivity index (χ1) is 15.5. The van der Waals surface area contributed by atoms with Crippen LogP contribution < -0.4 is 4.74 Å². The third kappa shape index (κ3) is 6.55. The normalized spacial score (nSPS) is 18.7. The van der Waals surface area contributed by atoms with Crippen LogP contribution in [0.5, 0.6) is 5.75 Å². The zero-order valence-electron chi connectivity index (χ0n) is 19.4. The molecular formula is C26H36N2O4. The number of morpholine rings is 1. The number of ether oxygens (including phenoxy) is 2. The lowest BCUT2D eigenvalue weighted by atomic mass is 10.1. The molecule has 3 atom stereocenters. The fourth-order valence-corrected chi connectivity index (χ4v) is 4.18. The van der Waals surface area contributed by atoms with Gasteiger partial charge in [0.1, 0.15) is 5.75 Å². The molecule has 6 heteroatoms. The van der Waals surface area contributed by atoms with Gasteiger partial charge in [-0.3, -0.25) is 9.69 Å². The van der Waals surface area contributed by atoms with E-state index >= 15 is 0 Å². The molecule has 1 fully saturated rings. The number of benzene rings is 2. The third-order valence-electron chi connectivity index (χ3n) is 6.13. The number of amides is 1. The number of nitrogens with zero attached hydrogens (tertiary/aromatic N) is 2. The van der Waals surface area contributed by atoms with E-state index in [0.717, 1.165) is 18.5 Å². The van der Waals surface area contributed by atoms with E-state index in [1.54, 1.807) is 7.11 Å². The molecule has 0 aromatic heterocycles. The van der Waals surface area contributed by atoms with Crippen LogP contribution in [0.1, 0.15) is 36.2 Å². The molecule has 1 amide bonds. The molecule has 0 aliphatic carbocycles. The highest BCUT2D eigenvalue weighted by Crippen LogP contribution is 2.22. The summed E-state index contributed by atoms with van der Waals surface area (Å²) in [6.45, 7) is 7.33. The average Bonchev–Trinajstić information content (AvgIpc) is 2.82. The molecule has 1 N–H and O–H groups in total. The van der Waals surface area contributed by atoms with Gasteiger partial charge >= 0.3 is 0 Å². The zero-order chi connectivity index (χ0) is 22.9. The Hall–Kier alpha value is -2.41. The van der Waals surface area contributed by atoms with Crippen molar-refractivity contribution in [2.24, 2.45) is 0 Å². The van der Waals surface area contributed by atoms with Crippen molar-refractivity contribution >= 4 is 5.91 Å². The number of hydrogen-bond donors (Lipinski definition) is 1. The quantitative estimate of drug-likeness (QED) is 0.615. The second-order valence-corrected chi connectivity index (χ2v) is 8.51. The monoisotopic (exact) mass is 440 g/mol. The van der Waals surface area contributed by atoms with Crippen LogP contribution in [0.3, 0.4) is 0 Å². The number of carbonyl (C=O) groups excluding carboxylic acids is 1. The number of methoxy groups -OCH3 is 1. The van der Waals surface area contributed by atoms with E-state index in [2.05, 4.69) is 18.7 Å². The second-order valence-electron chi connectivity index (χ2n) is 8.51. The van der Waals surface area contributed by atoms with Crippen molar-refractivity contribution in [3.63, 3.8) is 0 Å². The molecule has 1 saturated heterocycles. The summed E-state index contributed by atoms with van der Waals surface area (Å²) in [7, 11) is 1.59. The first-order valence-corrected chi connectivity index (χ1v) is 11.5. The highest BCUT2D eigenvalue weighted by molar-refractivity contribution is 5.97. The molecule has 174 valence electrons. The molecule has 2 aromatic carbocycles. The van der Waals surface area contributed by atoms with Gasteiger partial charge in [0.25, 0.3) is 5.91 Å². The van der Waals surface area contributed by atoms with Crippen molar-refractivity contribution < 1.29 is 19.4 Å². The SMILES string of the molecule is CCC(C)N(CC1CN(CC(O)Cc2ccccc2)CCO1)C(=O)c1ccccc1OC. The summed E-state index contributed by atoms with van der Waals surface area (Å²) >= 11 is 0. The topological polar surface area (TPSA) is 62.2 Å². The molecule has 1 aliphatic heterocycles. The number of β-amino-alcohol motifs (C(OH)–C–C–N with tert-alkyl or cyclic N) is 1. The molecule has 0 saturated carbocycles. The van der Waals surface area contributed by atoms with Crippen LogP contribution in [0.4, 0.5) is 0 Å². The fraction of sp³-hybridized carbons (Fsp3) is 0.500. The van der Waals surface area contributed by atoms with Crippen molar-refractivity contribution in [3.8, 4) is 5.75 Å². The summed E-state index contributed by atoms with van der Waals surface area (Å²) in [5.41, 5.74) is 1.71. The number of aliphatic hydroxyl groups excluding tert-OH is 1. The molecule has 3 rings (SSSR count). The molecule has 0 bridgehead atoms. The van der Waals surface area contributed by atoms with E-state index in [-0.39, 0.29) is 18.1 Å². The van der Waals surface area contributed by atoms with E-state index in [1.165, 1.54) is 0 Å². The van der Waals surface area contributed by atoms with Crippen molar-refractivity contribution in [1.29, 1.82) is 0 Å². The summed E-state index contributed by atoms with van der Waals surface area (Å²) in [5, 5.41) is 10.6. The predicted octanol–water partition coefficient (Wildman–Crippen LogP) is 3.24. The van der Waals surface area contributed by atoms with E-state index in [1.807, 2.05) is 59.5 Å². The molecule has 1 aliphatic rings. The summed E-state index contributed by atoms with van der Waals surface area (Å²) in [5.74, 6) is 0.544. The lowest BCUT2D eigenvalue weighted by Crippen LogP contribution is -2.52. The summed E-state index contributed by atoms with van der Waals surface area (Å²) < 4.78 is 11.4. The Balaban J connectivity index is 1.63. The highest BCUT2D eigenvalue weighted by Gasteiger charge is 2.29. The largest absolute Gasteiger partial charge is 0.496 e. The third-order valence-corrected chi connectivity index (χ3v) is 6.13. The molecule has 32 heavy (non-hydrogen) atoms. The van der Waals surface area contributed by atoms with Gasteiger partial charge < -0.3 is 19.5 Å². The van der Waals surface area contributed by atoms with Crippen molar-refractivity contribution in [1.82, 2.24) is 9.80 Å². The van der Waals surface area contributed by atoms with Gasteiger partial charge in [0.05, 0.1) is 31.5 Å². The first kappa shape index (κ1) is 24.2. The molecule has 0 radical (unpaired) electrons. The predicted molar refractivity (Wildman–Crippen MR) is 126 cm³/mol. The standard InChI is InChI=1S/C26H36N2O4/c1-4-20(2)28(26(30)24-12-8-9-13-25(24)31-3)19-23-18-27(14-15-32-23)17-22(29)16-21-10-6-5-7-11-21/h5-13,20,22-23,29H,4,14-19H2,1-3H3. The molecule has 1 heterocycles. The lowest BCUT2D eigenvalue weighted by molar-refractivity contribution is -0.0534. The molecule has 6 nitrogen and oxygen atoms in total. The molecule has 0 spiro atoms. The maximum absolute atomic E-state index is 13.4. The van der Waals surface area contributed by atoms with Gasteiger partial charge in [-0.1, -0.05) is 49.4 Å². The lowest BCUT2D eigenvalue weighted by Gasteiger charge is -2.38. The van der Waals surface area contributed by atoms with E-state index in [9.17, 15) is 9.90 Å². The van der Waals surface area contributed by atoms with Crippen LogP contribution >= 0.6 is 0 Å². The number of rotatable bonds is 10. The fourth-order valence-electron chi connectivity index (χ4n) is 4.18. The average molecular weight is 441 g/mol. The van der Waals surface area contributed by atoms with Gasteiger partial charge in [0, 0.05) is 32.2 Å². The van der Waals surface area contributed by atoms with Crippen molar-refractivity contribution in [2.75, 3.05) is 39.9 Å². The summed E-state index contributed by atoms with van der Waals surface area (Å²) in [4.78, 5) is 17.5. The Morgan fingerprint density at radius 1 is 1.22 bits per heavy atom. The van der Waals surface area contributed by atoms with Crippen LogP contribution in [0.2, 0.25) is 0 Å². The van der Waals surface area contributed by atoms with Crippen LogP contribution in [0.25, 0.3) is 0 Å². The minimum atomic E-state index is -0.433. The number of aliphatic hydroxyl groups is 1. The van der Waals surface area contributed by atoms with E-state index in [0.29, 0.717) is 44.0 Å². The maximum Gasteiger partial charge on any atom is 0.257 e. The summed E-state index contributed by atoms with van der Waals surface area (Å²) in [6, 6.07) is 17.5. The zero-order valence-corrected chi connectivity index (χ0v) is 19.4. The van der Waals surface area contributed by atoms with E-state index < -0.39 is 6.10 Å². The number of para-hydroxylation sites is 1. The number of carbonyl (C=O) groups is 1. The Morgan fingerprint density at radius 3 is 2.66 bits per heavy atom. The molecule has 3 unspecified atom stereocenters. The minimum absolute atomic E-state index is 0.0402. The Morgan fingerprint density at radius 2 is 1.94 bits per heavy atom. The highest BCUT2D eigenvalue weighted by atomic mass is 16.5. The Bertz CT molecular complexity index is 845.